The van der Waals surface area contributed by atoms with Gasteiger partial charge in [-0.1, -0.05) is 36.8 Å². The van der Waals surface area contributed by atoms with Gasteiger partial charge in [0, 0.05) is 10.9 Å². The standard InChI is InChI=1S/C24H30N4S/c25-23-22-21-19(11-12-20(21)29-24(22)28-15-27-23)17-9-4-10-18(14-17)26-13-5-8-16-6-2-1-3-7-16/h1-3,6-7,15,17-19,26H,4-5,8-14H2,(H2,25,27,28)/t17?,18-,19?/m0/s1. The molecule has 29 heavy (non-hydrogen) atoms. The molecule has 2 unspecified atom stereocenters. The zero-order chi connectivity index (χ0) is 19.6. The molecule has 2 heterocycles. The van der Waals surface area contributed by atoms with Gasteiger partial charge >= 0.3 is 0 Å². The summed E-state index contributed by atoms with van der Waals surface area (Å²) in [6, 6.07) is 11.5. The van der Waals surface area contributed by atoms with E-state index >= 15 is 0 Å². The number of aromatic nitrogens is 2. The Morgan fingerprint density at radius 3 is 2.90 bits per heavy atom. The molecule has 2 aliphatic rings. The molecule has 0 spiro atoms. The molecule has 1 aromatic carbocycles. The first-order valence-corrected chi connectivity index (χ1v) is 11.9. The number of nitrogen functional groups attached to an aromatic ring is 1. The molecule has 3 aromatic rings. The first-order valence-electron chi connectivity index (χ1n) is 11.1. The van der Waals surface area contributed by atoms with Crippen LogP contribution in [0.25, 0.3) is 10.2 Å². The van der Waals surface area contributed by atoms with Gasteiger partial charge in [0.15, 0.2) is 0 Å². The number of nitrogens with zero attached hydrogens (tertiary/aromatic N) is 2. The zero-order valence-electron chi connectivity index (χ0n) is 16.9. The quantitative estimate of drug-likeness (QED) is 0.560. The molecule has 1 saturated carbocycles. The molecule has 5 heteroatoms. The van der Waals surface area contributed by atoms with Crippen molar-refractivity contribution in [2.75, 3.05) is 12.3 Å². The van der Waals surface area contributed by atoms with E-state index in [1.165, 1.54) is 60.9 Å². The predicted molar refractivity (Wildman–Crippen MR) is 121 cm³/mol. The van der Waals surface area contributed by atoms with E-state index in [2.05, 4.69) is 45.6 Å². The Labute approximate surface area is 177 Å². The Balaban J connectivity index is 1.22. The van der Waals surface area contributed by atoms with E-state index in [1.54, 1.807) is 6.33 Å². The Morgan fingerprint density at radius 2 is 2.00 bits per heavy atom. The molecular formula is C24H30N4S. The van der Waals surface area contributed by atoms with Gasteiger partial charge in [-0.25, -0.2) is 9.97 Å². The van der Waals surface area contributed by atoms with Gasteiger partial charge in [-0.3, -0.25) is 0 Å². The second-order valence-electron chi connectivity index (χ2n) is 8.69. The van der Waals surface area contributed by atoms with Crippen LogP contribution in [0.1, 0.15) is 60.4 Å². The highest BCUT2D eigenvalue weighted by atomic mass is 32.1. The fourth-order valence-corrected chi connectivity index (χ4v) is 6.76. The minimum atomic E-state index is 0.640. The SMILES string of the molecule is Nc1ncnc2sc3c(c12)C(C1CCC[C@H](NCCCc2ccccc2)C1)CC3. The van der Waals surface area contributed by atoms with Crippen molar-refractivity contribution in [3.05, 3.63) is 52.7 Å². The van der Waals surface area contributed by atoms with E-state index < -0.39 is 0 Å². The Bertz CT molecular complexity index is 968. The number of fused-ring (bicyclic) bond motifs is 3. The van der Waals surface area contributed by atoms with Crippen molar-refractivity contribution < 1.29 is 0 Å². The summed E-state index contributed by atoms with van der Waals surface area (Å²) in [4.78, 5) is 11.4. The summed E-state index contributed by atoms with van der Waals surface area (Å²) in [7, 11) is 0. The third kappa shape index (κ3) is 3.90. The van der Waals surface area contributed by atoms with E-state index in [0.717, 1.165) is 29.1 Å². The van der Waals surface area contributed by atoms with E-state index in [1.807, 2.05) is 11.3 Å². The van der Waals surface area contributed by atoms with Crippen LogP contribution in [-0.2, 0) is 12.8 Å². The van der Waals surface area contributed by atoms with Crippen molar-refractivity contribution in [1.82, 2.24) is 15.3 Å². The average molecular weight is 407 g/mol. The topological polar surface area (TPSA) is 63.8 Å². The van der Waals surface area contributed by atoms with Crippen LogP contribution < -0.4 is 11.1 Å². The lowest BCUT2D eigenvalue weighted by atomic mass is 9.75. The van der Waals surface area contributed by atoms with Crippen LogP contribution in [0.4, 0.5) is 5.82 Å². The van der Waals surface area contributed by atoms with Crippen molar-refractivity contribution >= 4 is 27.4 Å². The maximum atomic E-state index is 6.26. The molecule has 2 aliphatic carbocycles. The first-order chi connectivity index (χ1) is 14.3. The van der Waals surface area contributed by atoms with Crippen LogP contribution in [0.15, 0.2) is 36.7 Å². The number of aryl methyl sites for hydroxylation is 2. The minimum absolute atomic E-state index is 0.640. The molecule has 3 N–H and O–H groups in total. The molecule has 0 amide bonds. The smallest absolute Gasteiger partial charge is 0.135 e. The second kappa shape index (κ2) is 8.41. The lowest BCUT2D eigenvalue weighted by Crippen LogP contribution is -2.36. The van der Waals surface area contributed by atoms with Crippen LogP contribution in [0.3, 0.4) is 0 Å². The largest absolute Gasteiger partial charge is 0.383 e. The summed E-state index contributed by atoms with van der Waals surface area (Å²) in [5.41, 5.74) is 9.21. The van der Waals surface area contributed by atoms with E-state index in [-0.39, 0.29) is 0 Å². The van der Waals surface area contributed by atoms with Gasteiger partial charge in [0.1, 0.15) is 17.0 Å². The molecule has 0 saturated heterocycles. The number of nitrogens with one attached hydrogen (secondary N) is 1. The Kier molecular flexibility index (Phi) is 5.51. The molecule has 152 valence electrons. The van der Waals surface area contributed by atoms with Gasteiger partial charge in [0.25, 0.3) is 0 Å². The van der Waals surface area contributed by atoms with E-state index in [9.17, 15) is 0 Å². The molecule has 0 aliphatic heterocycles. The highest BCUT2D eigenvalue weighted by Crippen LogP contribution is 2.50. The number of thiophene rings is 1. The van der Waals surface area contributed by atoms with Gasteiger partial charge in [0.05, 0.1) is 5.39 Å². The first kappa shape index (κ1) is 19.0. The highest BCUT2D eigenvalue weighted by molar-refractivity contribution is 7.19. The van der Waals surface area contributed by atoms with Gasteiger partial charge in [0.2, 0.25) is 0 Å². The van der Waals surface area contributed by atoms with Gasteiger partial charge in [-0.05, 0) is 74.5 Å². The van der Waals surface area contributed by atoms with Crippen molar-refractivity contribution in [2.24, 2.45) is 5.92 Å². The van der Waals surface area contributed by atoms with Crippen molar-refractivity contribution in [3.8, 4) is 0 Å². The normalized spacial score (nSPS) is 24.1. The number of anilines is 1. The minimum Gasteiger partial charge on any atom is -0.383 e. The maximum absolute atomic E-state index is 6.26. The molecule has 4 nitrogen and oxygen atoms in total. The monoisotopic (exact) mass is 406 g/mol. The van der Waals surface area contributed by atoms with Crippen LogP contribution in [0.5, 0.6) is 0 Å². The fraction of sp³-hybridized carbons (Fsp3) is 0.500. The van der Waals surface area contributed by atoms with E-state index in [4.69, 9.17) is 5.73 Å². The zero-order valence-corrected chi connectivity index (χ0v) is 17.8. The average Bonchev–Trinajstić information content (AvgIpc) is 3.32. The molecular weight excluding hydrogens is 376 g/mol. The van der Waals surface area contributed by atoms with Crippen LogP contribution in [0, 0.1) is 5.92 Å². The number of nitrogens with two attached hydrogens (primary N) is 1. The van der Waals surface area contributed by atoms with Gasteiger partial charge in [-0.15, -0.1) is 11.3 Å². The number of hydrogen-bond acceptors (Lipinski definition) is 5. The van der Waals surface area contributed by atoms with Crippen molar-refractivity contribution in [3.63, 3.8) is 0 Å². The van der Waals surface area contributed by atoms with Gasteiger partial charge in [-0.2, -0.15) is 0 Å². The number of rotatable bonds is 6. The second-order valence-corrected chi connectivity index (χ2v) is 9.77. The summed E-state index contributed by atoms with van der Waals surface area (Å²) < 4.78 is 0. The molecule has 0 bridgehead atoms. The third-order valence-electron chi connectivity index (χ3n) is 6.89. The number of benzene rings is 1. The van der Waals surface area contributed by atoms with Crippen molar-refractivity contribution in [2.45, 2.75) is 63.3 Å². The Hall–Kier alpha value is -1.98. The molecule has 0 radical (unpaired) electrons. The van der Waals surface area contributed by atoms with Crippen LogP contribution in [-0.4, -0.2) is 22.6 Å². The summed E-state index contributed by atoms with van der Waals surface area (Å²) in [6.45, 7) is 1.12. The summed E-state index contributed by atoms with van der Waals surface area (Å²) >= 11 is 1.84. The summed E-state index contributed by atoms with van der Waals surface area (Å²) in [6.07, 6.45) is 11.7. The molecule has 2 aromatic heterocycles. The third-order valence-corrected chi connectivity index (χ3v) is 8.06. The molecule has 5 rings (SSSR count). The molecule has 3 atom stereocenters. The summed E-state index contributed by atoms with van der Waals surface area (Å²) in [5, 5.41) is 5.02. The maximum Gasteiger partial charge on any atom is 0.135 e. The predicted octanol–water partition coefficient (Wildman–Crippen LogP) is 5.08. The van der Waals surface area contributed by atoms with Crippen LogP contribution in [0.2, 0.25) is 0 Å². The van der Waals surface area contributed by atoms with Gasteiger partial charge < -0.3 is 11.1 Å². The number of hydrogen-bond donors (Lipinski definition) is 2. The van der Waals surface area contributed by atoms with Crippen LogP contribution >= 0.6 is 11.3 Å². The lowest BCUT2D eigenvalue weighted by Gasteiger charge is -2.34. The Morgan fingerprint density at radius 1 is 1.10 bits per heavy atom. The van der Waals surface area contributed by atoms with E-state index in [0.29, 0.717) is 17.8 Å². The van der Waals surface area contributed by atoms with Crippen molar-refractivity contribution in [1.29, 1.82) is 0 Å². The fourth-order valence-electron chi connectivity index (χ4n) is 5.53. The lowest BCUT2D eigenvalue weighted by molar-refractivity contribution is 0.250. The molecule has 1 fully saturated rings. The highest BCUT2D eigenvalue weighted by Gasteiger charge is 2.36. The summed E-state index contributed by atoms with van der Waals surface area (Å²) in [5.74, 6) is 2.07.